The van der Waals surface area contributed by atoms with Gasteiger partial charge in [-0.3, -0.25) is 5.10 Å². The van der Waals surface area contributed by atoms with E-state index < -0.39 is 0 Å². The van der Waals surface area contributed by atoms with Crippen molar-refractivity contribution in [1.82, 2.24) is 20.2 Å². The van der Waals surface area contributed by atoms with Crippen molar-refractivity contribution in [3.05, 3.63) is 6.20 Å². The number of aromatic amines is 1. The number of H-pyrrole nitrogens is 1. The van der Waals surface area contributed by atoms with Crippen LogP contribution < -0.4 is 10.2 Å². The standard InChI is InChI=1S/C11H16N6S/c1-7-6-17(3-4-18-7)10-8-5-13-16-9(8)14-11(12-2)15-10/h5,7H,3-4,6H2,1-2H3,(H2,12,13,14,15,16). The minimum absolute atomic E-state index is 0.632. The summed E-state index contributed by atoms with van der Waals surface area (Å²) in [6.07, 6.45) is 1.80. The Morgan fingerprint density at radius 1 is 1.50 bits per heavy atom. The highest BCUT2D eigenvalue weighted by Crippen LogP contribution is 2.28. The molecule has 2 aromatic rings. The van der Waals surface area contributed by atoms with Crippen molar-refractivity contribution in [1.29, 1.82) is 0 Å². The van der Waals surface area contributed by atoms with Crippen LogP contribution in [0.5, 0.6) is 0 Å². The number of fused-ring (bicyclic) bond motifs is 1. The van der Waals surface area contributed by atoms with Crippen LogP contribution in [0.25, 0.3) is 11.0 Å². The summed E-state index contributed by atoms with van der Waals surface area (Å²) in [6, 6.07) is 0. The van der Waals surface area contributed by atoms with E-state index in [4.69, 9.17) is 0 Å². The van der Waals surface area contributed by atoms with Crippen LogP contribution >= 0.6 is 11.8 Å². The molecule has 1 saturated heterocycles. The molecule has 2 aromatic heterocycles. The zero-order chi connectivity index (χ0) is 12.5. The Kier molecular flexibility index (Phi) is 2.99. The summed E-state index contributed by atoms with van der Waals surface area (Å²) < 4.78 is 0. The first-order valence-electron chi connectivity index (χ1n) is 6.03. The highest BCUT2D eigenvalue weighted by Gasteiger charge is 2.21. The van der Waals surface area contributed by atoms with Crippen LogP contribution in [0.2, 0.25) is 0 Å². The Morgan fingerprint density at radius 2 is 2.39 bits per heavy atom. The van der Waals surface area contributed by atoms with Crippen LogP contribution in [0.15, 0.2) is 6.20 Å². The SMILES string of the molecule is CNc1nc(N2CCSC(C)C2)c2cn[nH]c2n1. The van der Waals surface area contributed by atoms with Gasteiger partial charge in [0, 0.05) is 31.1 Å². The van der Waals surface area contributed by atoms with E-state index in [2.05, 4.69) is 37.3 Å². The fraction of sp³-hybridized carbons (Fsp3) is 0.545. The average Bonchev–Trinajstić information content (AvgIpc) is 2.85. The molecule has 6 nitrogen and oxygen atoms in total. The second-order valence-corrected chi connectivity index (χ2v) is 5.93. The third kappa shape index (κ3) is 1.98. The Labute approximate surface area is 110 Å². The van der Waals surface area contributed by atoms with Crippen LogP contribution in [0.3, 0.4) is 0 Å². The first-order chi connectivity index (χ1) is 8.78. The van der Waals surface area contributed by atoms with E-state index in [0.29, 0.717) is 11.2 Å². The molecule has 0 radical (unpaired) electrons. The second-order valence-electron chi connectivity index (χ2n) is 4.38. The molecule has 0 bridgehead atoms. The molecule has 0 saturated carbocycles. The lowest BCUT2D eigenvalue weighted by atomic mass is 10.3. The summed E-state index contributed by atoms with van der Waals surface area (Å²) in [5, 5.41) is 11.6. The Bertz CT molecular complexity index is 553. The lowest BCUT2D eigenvalue weighted by Gasteiger charge is -2.31. The van der Waals surface area contributed by atoms with Crippen LogP contribution in [0, 0.1) is 0 Å². The molecule has 1 aliphatic heterocycles. The topological polar surface area (TPSA) is 69.7 Å². The molecule has 0 amide bonds. The van der Waals surface area contributed by atoms with Gasteiger partial charge in [-0.05, 0) is 0 Å². The van der Waals surface area contributed by atoms with E-state index in [1.165, 1.54) is 0 Å². The van der Waals surface area contributed by atoms with E-state index in [9.17, 15) is 0 Å². The first kappa shape index (κ1) is 11.6. The molecule has 1 fully saturated rings. The van der Waals surface area contributed by atoms with Crippen molar-refractivity contribution in [2.24, 2.45) is 0 Å². The van der Waals surface area contributed by atoms with Gasteiger partial charge in [0.25, 0.3) is 0 Å². The van der Waals surface area contributed by atoms with Crippen LogP contribution in [-0.4, -0.2) is 51.3 Å². The van der Waals surface area contributed by atoms with Crippen molar-refractivity contribution in [2.75, 3.05) is 36.1 Å². The summed E-state index contributed by atoms with van der Waals surface area (Å²) in [5.41, 5.74) is 0.787. The first-order valence-corrected chi connectivity index (χ1v) is 7.08. The fourth-order valence-electron chi connectivity index (χ4n) is 2.18. The Hall–Kier alpha value is -1.50. The number of aromatic nitrogens is 4. The molecule has 0 spiro atoms. The maximum Gasteiger partial charge on any atom is 0.226 e. The van der Waals surface area contributed by atoms with Gasteiger partial charge < -0.3 is 10.2 Å². The van der Waals surface area contributed by atoms with Gasteiger partial charge in [-0.1, -0.05) is 6.92 Å². The monoisotopic (exact) mass is 264 g/mol. The van der Waals surface area contributed by atoms with E-state index in [0.717, 1.165) is 35.7 Å². The molecule has 7 heteroatoms. The molecule has 3 heterocycles. The number of hydrogen-bond acceptors (Lipinski definition) is 6. The molecular formula is C11H16N6S. The van der Waals surface area contributed by atoms with E-state index in [1.807, 2.05) is 18.8 Å². The smallest absolute Gasteiger partial charge is 0.226 e. The molecule has 0 aliphatic carbocycles. The number of anilines is 2. The molecule has 18 heavy (non-hydrogen) atoms. The predicted molar refractivity (Wildman–Crippen MR) is 75.4 cm³/mol. The molecule has 96 valence electrons. The van der Waals surface area contributed by atoms with Crippen molar-refractivity contribution in [2.45, 2.75) is 12.2 Å². The van der Waals surface area contributed by atoms with E-state index in [1.54, 1.807) is 6.20 Å². The number of hydrogen-bond donors (Lipinski definition) is 2. The van der Waals surface area contributed by atoms with Crippen molar-refractivity contribution in [3.8, 4) is 0 Å². The lowest BCUT2D eigenvalue weighted by Crippen LogP contribution is -2.37. The number of nitrogens with one attached hydrogen (secondary N) is 2. The maximum absolute atomic E-state index is 4.58. The van der Waals surface area contributed by atoms with Gasteiger partial charge in [0.1, 0.15) is 5.82 Å². The summed E-state index contributed by atoms with van der Waals surface area (Å²) in [4.78, 5) is 11.3. The molecular weight excluding hydrogens is 248 g/mol. The van der Waals surface area contributed by atoms with Gasteiger partial charge in [0.2, 0.25) is 5.95 Å². The molecule has 1 atom stereocenters. The highest BCUT2D eigenvalue weighted by molar-refractivity contribution is 8.00. The van der Waals surface area contributed by atoms with Gasteiger partial charge >= 0.3 is 0 Å². The summed E-state index contributed by atoms with van der Waals surface area (Å²) in [5.74, 6) is 2.75. The summed E-state index contributed by atoms with van der Waals surface area (Å²) >= 11 is 2.01. The Balaban J connectivity index is 2.05. The third-order valence-corrected chi connectivity index (χ3v) is 4.19. The van der Waals surface area contributed by atoms with Crippen LogP contribution in [0.4, 0.5) is 11.8 Å². The van der Waals surface area contributed by atoms with Gasteiger partial charge in [0.15, 0.2) is 5.65 Å². The van der Waals surface area contributed by atoms with Gasteiger partial charge in [0.05, 0.1) is 11.6 Å². The average molecular weight is 264 g/mol. The quantitative estimate of drug-likeness (QED) is 0.853. The fourth-order valence-corrected chi connectivity index (χ4v) is 3.20. The molecule has 1 unspecified atom stereocenters. The minimum Gasteiger partial charge on any atom is -0.357 e. The Morgan fingerprint density at radius 3 is 3.17 bits per heavy atom. The van der Waals surface area contributed by atoms with Gasteiger partial charge in [-0.25, -0.2) is 0 Å². The van der Waals surface area contributed by atoms with Crippen LogP contribution in [0.1, 0.15) is 6.92 Å². The maximum atomic E-state index is 4.58. The second kappa shape index (κ2) is 4.64. The number of thioether (sulfide) groups is 1. The van der Waals surface area contributed by atoms with E-state index in [-0.39, 0.29) is 0 Å². The van der Waals surface area contributed by atoms with Crippen LogP contribution in [-0.2, 0) is 0 Å². The predicted octanol–water partition coefficient (Wildman–Crippen LogP) is 1.34. The number of nitrogens with zero attached hydrogens (tertiary/aromatic N) is 4. The minimum atomic E-state index is 0.632. The van der Waals surface area contributed by atoms with E-state index >= 15 is 0 Å². The van der Waals surface area contributed by atoms with Gasteiger partial charge in [-0.2, -0.15) is 26.8 Å². The zero-order valence-electron chi connectivity index (χ0n) is 10.5. The summed E-state index contributed by atoms with van der Waals surface area (Å²) in [6.45, 7) is 4.30. The summed E-state index contributed by atoms with van der Waals surface area (Å²) in [7, 11) is 1.83. The molecule has 1 aliphatic rings. The largest absolute Gasteiger partial charge is 0.357 e. The molecule has 3 rings (SSSR count). The third-order valence-electron chi connectivity index (χ3n) is 3.05. The lowest BCUT2D eigenvalue weighted by molar-refractivity contribution is 0.773. The zero-order valence-corrected chi connectivity index (χ0v) is 11.3. The number of rotatable bonds is 2. The van der Waals surface area contributed by atoms with Crippen molar-refractivity contribution >= 4 is 34.6 Å². The highest BCUT2D eigenvalue weighted by atomic mass is 32.2. The van der Waals surface area contributed by atoms with Crippen molar-refractivity contribution in [3.63, 3.8) is 0 Å². The van der Waals surface area contributed by atoms with Crippen molar-refractivity contribution < 1.29 is 0 Å². The van der Waals surface area contributed by atoms with Gasteiger partial charge in [-0.15, -0.1) is 0 Å². The normalized spacial score (nSPS) is 20.3. The molecule has 0 aromatic carbocycles. The molecule has 2 N–H and O–H groups in total.